The molecule has 1 aliphatic heterocycles. The first kappa shape index (κ1) is 21.9. The molecule has 2 atom stereocenters. The highest BCUT2D eigenvalue weighted by Crippen LogP contribution is 2.43. The third-order valence-electron chi connectivity index (χ3n) is 6.10. The number of hydrogen-bond donors (Lipinski definition) is 2. The van der Waals surface area contributed by atoms with Crippen molar-refractivity contribution in [2.75, 3.05) is 19.8 Å². The number of thiophene rings is 1. The van der Waals surface area contributed by atoms with Crippen LogP contribution >= 0.6 is 23.7 Å². The number of hydrogen-bond acceptors (Lipinski definition) is 4. The summed E-state index contributed by atoms with van der Waals surface area (Å²) in [6.45, 7) is 2.81. The maximum Gasteiger partial charge on any atom is 0.252 e. The molecule has 4 rings (SSSR count). The molecule has 28 heavy (non-hydrogen) atoms. The first-order valence-corrected chi connectivity index (χ1v) is 11.0. The molecule has 8 heteroatoms. The summed E-state index contributed by atoms with van der Waals surface area (Å²) in [7, 11) is 0. The van der Waals surface area contributed by atoms with Gasteiger partial charge in [-0.25, -0.2) is 8.78 Å². The van der Waals surface area contributed by atoms with Crippen LogP contribution < -0.4 is 10.6 Å². The molecule has 0 spiro atoms. The van der Waals surface area contributed by atoms with Crippen molar-refractivity contribution in [1.82, 2.24) is 10.6 Å². The minimum absolute atomic E-state index is 0. The lowest BCUT2D eigenvalue weighted by Crippen LogP contribution is -2.40. The van der Waals surface area contributed by atoms with E-state index in [0.29, 0.717) is 36.3 Å². The topological polar surface area (TPSA) is 50.4 Å². The average Bonchev–Trinajstić information content (AvgIpc) is 3.27. The number of amides is 1. The van der Waals surface area contributed by atoms with E-state index in [4.69, 9.17) is 4.74 Å². The Hall–Kier alpha value is -0.760. The SMILES string of the molecule is Cl.O=C(NC1CCC(F)(F)CC1)c1csc([C@@H]2C[C@H]2NCC2CCOCC2)c1. The molecular formula is C20H29ClF2N2O2S. The Bertz CT molecular complexity index is 656. The van der Waals surface area contributed by atoms with E-state index in [1.54, 1.807) is 11.3 Å². The Kier molecular flexibility index (Phi) is 7.34. The molecular weight excluding hydrogens is 406 g/mol. The Morgan fingerprint density at radius 2 is 1.93 bits per heavy atom. The van der Waals surface area contributed by atoms with Crippen LogP contribution in [0.4, 0.5) is 8.78 Å². The van der Waals surface area contributed by atoms with Crippen LogP contribution in [0.3, 0.4) is 0 Å². The summed E-state index contributed by atoms with van der Waals surface area (Å²) in [6.07, 6.45) is 3.86. The van der Waals surface area contributed by atoms with Crippen LogP contribution in [0.5, 0.6) is 0 Å². The molecule has 3 fully saturated rings. The zero-order valence-electron chi connectivity index (χ0n) is 15.9. The fourth-order valence-electron chi connectivity index (χ4n) is 4.12. The fourth-order valence-corrected chi connectivity index (χ4v) is 5.19. The standard InChI is InChI=1S/C20H28F2N2O2S.ClH/c21-20(22)5-1-15(2-6-20)24-19(25)14-9-18(27-12-14)16-10-17(16)23-11-13-3-7-26-8-4-13;/h9,12-13,15-17,23H,1-8,10-11H2,(H,24,25);1H/t16-,17-;/m1./s1. The summed E-state index contributed by atoms with van der Waals surface area (Å²) in [5.74, 6) is -1.47. The lowest BCUT2D eigenvalue weighted by Gasteiger charge is -2.28. The number of alkyl halides is 2. The van der Waals surface area contributed by atoms with Crippen molar-refractivity contribution in [3.05, 3.63) is 21.9 Å². The number of halogens is 3. The van der Waals surface area contributed by atoms with Crippen LogP contribution in [0.15, 0.2) is 11.4 Å². The lowest BCUT2D eigenvalue weighted by atomic mass is 9.92. The van der Waals surface area contributed by atoms with Gasteiger partial charge in [-0.2, -0.15) is 0 Å². The van der Waals surface area contributed by atoms with Gasteiger partial charge in [-0.15, -0.1) is 23.7 Å². The normalized spacial score (nSPS) is 27.8. The molecule has 2 saturated carbocycles. The Morgan fingerprint density at radius 1 is 1.21 bits per heavy atom. The van der Waals surface area contributed by atoms with Crippen molar-refractivity contribution >= 4 is 29.7 Å². The van der Waals surface area contributed by atoms with E-state index in [2.05, 4.69) is 10.6 Å². The van der Waals surface area contributed by atoms with Crippen molar-refractivity contribution in [1.29, 1.82) is 0 Å². The molecule has 158 valence electrons. The molecule has 2 N–H and O–H groups in total. The van der Waals surface area contributed by atoms with E-state index >= 15 is 0 Å². The smallest absolute Gasteiger partial charge is 0.252 e. The summed E-state index contributed by atoms with van der Waals surface area (Å²) in [4.78, 5) is 13.7. The average molecular weight is 435 g/mol. The Balaban J connectivity index is 0.00000225. The van der Waals surface area contributed by atoms with E-state index in [0.717, 1.165) is 39.0 Å². The van der Waals surface area contributed by atoms with Crippen LogP contribution in [0.25, 0.3) is 0 Å². The van der Waals surface area contributed by atoms with E-state index in [9.17, 15) is 13.6 Å². The van der Waals surface area contributed by atoms with Gasteiger partial charge in [0.1, 0.15) is 0 Å². The van der Waals surface area contributed by atoms with Crippen molar-refractivity contribution in [3.8, 4) is 0 Å². The van der Waals surface area contributed by atoms with Gasteiger partial charge in [0.25, 0.3) is 5.91 Å². The first-order valence-electron chi connectivity index (χ1n) is 10.1. The molecule has 0 bridgehead atoms. The second-order valence-electron chi connectivity index (χ2n) is 8.25. The number of carbonyl (C=O) groups is 1. The van der Waals surface area contributed by atoms with Crippen LogP contribution in [-0.4, -0.2) is 43.7 Å². The van der Waals surface area contributed by atoms with E-state index in [1.807, 2.05) is 11.4 Å². The van der Waals surface area contributed by atoms with Gasteiger partial charge >= 0.3 is 0 Å². The van der Waals surface area contributed by atoms with Gasteiger partial charge in [0.15, 0.2) is 0 Å². The second-order valence-corrected chi connectivity index (χ2v) is 9.20. The molecule has 2 heterocycles. The number of carbonyl (C=O) groups excluding carboxylic acids is 1. The van der Waals surface area contributed by atoms with Crippen molar-refractivity contribution in [2.24, 2.45) is 5.92 Å². The number of ether oxygens (including phenoxy) is 1. The molecule has 1 saturated heterocycles. The molecule has 0 unspecified atom stereocenters. The zero-order chi connectivity index (χ0) is 18.9. The molecule has 0 aromatic carbocycles. The molecule has 4 nitrogen and oxygen atoms in total. The van der Waals surface area contributed by atoms with E-state index in [1.165, 1.54) is 4.88 Å². The van der Waals surface area contributed by atoms with Gasteiger partial charge in [0, 0.05) is 54.3 Å². The third-order valence-corrected chi connectivity index (χ3v) is 7.16. The quantitative estimate of drug-likeness (QED) is 0.699. The maximum atomic E-state index is 13.2. The summed E-state index contributed by atoms with van der Waals surface area (Å²) < 4.78 is 31.9. The third kappa shape index (κ3) is 5.65. The van der Waals surface area contributed by atoms with Crippen molar-refractivity contribution in [3.63, 3.8) is 0 Å². The highest BCUT2D eigenvalue weighted by molar-refractivity contribution is 7.10. The fraction of sp³-hybridized carbons (Fsp3) is 0.750. The molecule has 1 amide bonds. The molecule has 0 radical (unpaired) electrons. The minimum Gasteiger partial charge on any atom is -0.381 e. The first-order chi connectivity index (χ1) is 13.0. The van der Waals surface area contributed by atoms with Crippen molar-refractivity contribution in [2.45, 2.75) is 68.9 Å². The van der Waals surface area contributed by atoms with Crippen LogP contribution in [0, 0.1) is 5.92 Å². The Labute approximate surface area is 175 Å². The highest BCUT2D eigenvalue weighted by atomic mass is 35.5. The van der Waals surface area contributed by atoms with Gasteiger partial charge in [0.2, 0.25) is 5.92 Å². The van der Waals surface area contributed by atoms with Crippen molar-refractivity contribution < 1.29 is 18.3 Å². The van der Waals surface area contributed by atoms with Crippen LogP contribution in [-0.2, 0) is 4.74 Å². The van der Waals surface area contributed by atoms with Gasteiger partial charge in [-0.3, -0.25) is 4.79 Å². The molecule has 1 aromatic rings. The minimum atomic E-state index is -2.56. The maximum absolute atomic E-state index is 13.2. The van der Waals surface area contributed by atoms with Gasteiger partial charge in [-0.05, 0) is 50.6 Å². The predicted octanol–water partition coefficient (Wildman–Crippen LogP) is 4.35. The van der Waals surface area contributed by atoms with Gasteiger partial charge < -0.3 is 15.4 Å². The van der Waals surface area contributed by atoms with Gasteiger partial charge in [0.05, 0.1) is 5.56 Å². The summed E-state index contributed by atoms with van der Waals surface area (Å²) in [5.41, 5.74) is 0.669. The summed E-state index contributed by atoms with van der Waals surface area (Å²) in [5, 5.41) is 8.50. The summed E-state index contributed by atoms with van der Waals surface area (Å²) >= 11 is 1.63. The molecule has 3 aliphatic rings. The Morgan fingerprint density at radius 3 is 2.64 bits per heavy atom. The second kappa shape index (κ2) is 9.37. The predicted molar refractivity (Wildman–Crippen MR) is 109 cm³/mol. The largest absolute Gasteiger partial charge is 0.381 e. The monoisotopic (exact) mass is 434 g/mol. The lowest BCUT2D eigenvalue weighted by molar-refractivity contribution is -0.0399. The van der Waals surface area contributed by atoms with E-state index < -0.39 is 5.92 Å². The van der Waals surface area contributed by atoms with Crippen LogP contribution in [0.1, 0.15) is 66.1 Å². The highest BCUT2D eigenvalue weighted by Gasteiger charge is 2.40. The van der Waals surface area contributed by atoms with E-state index in [-0.39, 0.29) is 37.2 Å². The van der Waals surface area contributed by atoms with Crippen LogP contribution in [0.2, 0.25) is 0 Å². The number of nitrogens with one attached hydrogen (secondary N) is 2. The molecule has 1 aromatic heterocycles. The molecule has 2 aliphatic carbocycles. The zero-order valence-corrected chi connectivity index (χ0v) is 17.6. The number of rotatable bonds is 6. The summed E-state index contributed by atoms with van der Waals surface area (Å²) in [6, 6.07) is 2.37. The van der Waals surface area contributed by atoms with Gasteiger partial charge in [-0.1, -0.05) is 0 Å².